The summed E-state index contributed by atoms with van der Waals surface area (Å²) in [5, 5.41) is 2.66. The molecule has 0 aliphatic carbocycles. The van der Waals surface area contributed by atoms with Gasteiger partial charge in [0.15, 0.2) is 0 Å². The topological polar surface area (TPSA) is 88.3 Å². The summed E-state index contributed by atoms with van der Waals surface area (Å²) in [6.45, 7) is 6.69. The van der Waals surface area contributed by atoms with Gasteiger partial charge in [0.25, 0.3) is 0 Å². The summed E-state index contributed by atoms with van der Waals surface area (Å²) in [5.41, 5.74) is 7.99. The third-order valence-corrected chi connectivity index (χ3v) is 5.44. The van der Waals surface area contributed by atoms with E-state index in [1.54, 1.807) is 17.9 Å². The van der Waals surface area contributed by atoms with Gasteiger partial charge in [-0.1, -0.05) is 44.2 Å². The Morgan fingerprint density at radius 1 is 1.19 bits per heavy atom. The summed E-state index contributed by atoms with van der Waals surface area (Å²) in [6.07, 6.45) is 2.30. The van der Waals surface area contributed by atoms with Gasteiger partial charge in [-0.3, -0.25) is 9.59 Å². The molecule has 0 spiro atoms. The van der Waals surface area contributed by atoms with Crippen LogP contribution in [0, 0.1) is 18.8 Å². The molecule has 142 valence electrons. The number of likely N-dealkylation sites (tertiary alicyclic amines) is 1. The zero-order valence-electron chi connectivity index (χ0n) is 16.0. The average Bonchev–Trinajstić information content (AvgIpc) is 2.66. The Morgan fingerprint density at radius 3 is 2.56 bits per heavy atom. The van der Waals surface area contributed by atoms with E-state index in [2.05, 4.69) is 24.1 Å². The highest BCUT2D eigenvalue weighted by Gasteiger charge is 2.37. The first kappa shape index (κ1) is 18.9. The lowest BCUT2D eigenvalue weighted by atomic mass is 9.82. The molecule has 6 heteroatoms. The van der Waals surface area contributed by atoms with Crippen molar-refractivity contribution < 1.29 is 9.59 Å². The molecule has 1 saturated heterocycles. The minimum absolute atomic E-state index is 0.0954. The van der Waals surface area contributed by atoms with Crippen molar-refractivity contribution in [3.8, 4) is 0 Å². The highest BCUT2D eigenvalue weighted by atomic mass is 16.2. The Morgan fingerprint density at radius 2 is 1.89 bits per heavy atom. The molecule has 3 rings (SSSR count). The van der Waals surface area contributed by atoms with Gasteiger partial charge in [-0.05, 0) is 42.4 Å². The number of rotatable bonds is 2. The summed E-state index contributed by atoms with van der Waals surface area (Å²) in [7, 11) is 0. The lowest BCUT2D eigenvalue weighted by Crippen LogP contribution is -2.48. The van der Waals surface area contributed by atoms with E-state index in [1.807, 2.05) is 30.3 Å². The molecule has 27 heavy (non-hydrogen) atoms. The third kappa shape index (κ3) is 4.10. The fourth-order valence-corrected chi connectivity index (χ4v) is 3.51. The van der Waals surface area contributed by atoms with Crippen LogP contribution in [0.3, 0.4) is 0 Å². The largest absolute Gasteiger partial charge is 0.383 e. The van der Waals surface area contributed by atoms with Crippen molar-refractivity contribution in [2.24, 2.45) is 11.8 Å². The van der Waals surface area contributed by atoms with Crippen molar-refractivity contribution in [3.63, 3.8) is 0 Å². The van der Waals surface area contributed by atoms with Gasteiger partial charge in [0.05, 0.1) is 17.9 Å². The molecule has 2 heterocycles. The van der Waals surface area contributed by atoms with E-state index in [4.69, 9.17) is 5.73 Å². The van der Waals surface area contributed by atoms with Gasteiger partial charge >= 0.3 is 11.8 Å². The highest BCUT2D eigenvalue weighted by molar-refractivity contribution is 6.39. The molecule has 3 atom stereocenters. The van der Waals surface area contributed by atoms with E-state index in [-0.39, 0.29) is 6.04 Å². The standard InChI is InChI=1S/C21H26N4O2/c1-13-10-18(16-7-5-4-6-8-16)25(12-15(13)3)21(27)20(26)24-17-9-14(2)19(22)23-11-17/h4-9,11,13,15,18H,10,12H2,1-3H3,(H2,22,23)(H,24,26)/t13-,15-,18-/m1/s1. The van der Waals surface area contributed by atoms with Crippen LogP contribution in [0.4, 0.5) is 11.5 Å². The number of anilines is 2. The molecular weight excluding hydrogens is 340 g/mol. The van der Waals surface area contributed by atoms with E-state index in [0.29, 0.717) is 29.9 Å². The first-order chi connectivity index (χ1) is 12.9. The maximum Gasteiger partial charge on any atom is 0.313 e. The lowest BCUT2D eigenvalue weighted by Gasteiger charge is -2.42. The number of aromatic nitrogens is 1. The number of carbonyl (C=O) groups is 2. The Kier molecular flexibility index (Phi) is 5.44. The fraction of sp³-hybridized carbons (Fsp3) is 0.381. The van der Waals surface area contributed by atoms with Crippen LogP contribution < -0.4 is 11.1 Å². The predicted octanol–water partition coefficient (Wildman–Crippen LogP) is 3.16. The highest BCUT2D eigenvalue weighted by Crippen LogP contribution is 2.36. The first-order valence-corrected chi connectivity index (χ1v) is 9.25. The number of piperidine rings is 1. The quantitative estimate of drug-likeness (QED) is 0.799. The number of nitrogens with two attached hydrogens (primary N) is 1. The second kappa shape index (κ2) is 7.78. The summed E-state index contributed by atoms with van der Waals surface area (Å²) in [4.78, 5) is 31.3. The Labute approximate surface area is 159 Å². The minimum Gasteiger partial charge on any atom is -0.383 e. The van der Waals surface area contributed by atoms with Crippen molar-refractivity contribution in [2.45, 2.75) is 33.2 Å². The Hall–Kier alpha value is -2.89. The SMILES string of the molecule is Cc1cc(NC(=O)C(=O)N2C[C@@H](C)[C@H](C)C[C@@H]2c2ccccc2)cnc1N. The second-order valence-corrected chi connectivity index (χ2v) is 7.45. The van der Waals surface area contributed by atoms with Crippen LogP contribution in [0.15, 0.2) is 42.6 Å². The zero-order chi connectivity index (χ0) is 19.6. The number of benzene rings is 1. The van der Waals surface area contributed by atoms with Gasteiger partial charge in [0.1, 0.15) is 5.82 Å². The number of pyridine rings is 1. The number of hydrogen-bond acceptors (Lipinski definition) is 4. The average molecular weight is 366 g/mol. The number of nitrogens with zero attached hydrogens (tertiary/aromatic N) is 2. The molecule has 6 nitrogen and oxygen atoms in total. The number of hydrogen-bond donors (Lipinski definition) is 2. The van der Waals surface area contributed by atoms with Gasteiger partial charge in [0.2, 0.25) is 0 Å². The molecule has 1 aliphatic rings. The lowest BCUT2D eigenvalue weighted by molar-refractivity contribution is -0.147. The van der Waals surface area contributed by atoms with Gasteiger partial charge < -0.3 is 16.0 Å². The Bertz CT molecular complexity index is 837. The van der Waals surface area contributed by atoms with Crippen LogP contribution in [-0.2, 0) is 9.59 Å². The predicted molar refractivity (Wildman–Crippen MR) is 106 cm³/mol. The van der Waals surface area contributed by atoms with Crippen molar-refractivity contribution in [2.75, 3.05) is 17.6 Å². The van der Waals surface area contributed by atoms with Crippen LogP contribution in [0.2, 0.25) is 0 Å². The van der Waals surface area contributed by atoms with E-state index in [9.17, 15) is 9.59 Å². The van der Waals surface area contributed by atoms with Crippen LogP contribution in [0.25, 0.3) is 0 Å². The molecule has 1 aromatic heterocycles. The number of nitrogen functional groups attached to an aromatic ring is 1. The van der Waals surface area contributed by atoms with Crippen LogP contribution in [0.5, 0.6) is 0 Å². The summed E-state index contributed by atoms with van der Waals surface area (Å²) >= 11 is 0. The molecule has 0 unspecified atom stereocenters. The van der Waals surface area contributed by atoms with Crippen molar-refractivity contribution >= 4 is 23.3 Å². The third-order valence-electron chi connectivity index (χ3n) is 5.44. The first-order valence-electron chi connectivity index (χ1n) is 9.25. The maximum absolute atomic E-state index is 13.0. The minimum atomic E-state index is -0.649. The van der Waals surface area contributed by atoms with Gasteiger partial charge in [0, 0.05) is 6.54 Å². The molecule has 0 saturated carbocycles. The molecule has 1 aliphatic heterocycles. The molecule has 1 aromatic carbocycles. The normalized spacial score (nSPS) is 22.3. The van der Waals surface area contributed by atoms with E-state index in [1.165, 1.54) is 6.20 Å². The molecule has 0 radical (unpaired) electrons. The van der Waals surface area contributed by atoms with Crippen LogP contribution in [-0.4, -0.2) is 28.2 Å². The summed E-state index contributed by atoms with van der Waals surface area (Å²) in [5.74, 6) is 0.0523. The molecule has 2 amide bonds. The molecule has 0 bridgehead atoms. The Balaban J connectivity index is 1.81. The second-order valence-electron chi connectivity index (χ2n) is 7.45. The van der Waals surface area contributed by atoms with Gasteiger partial charge in [-0.15, -0.1) is 0 Å². The molecule has 2 aromatic rings. The summed E-state index contributed by atoms with van der Waals surface area (Å²) in [6, 6.07) is 11.5. The van der Waals surface area contributed by atoms with E-state index < -0.39 is 11.8 Å². The number of aryl methyl sites for hydroxylation is 1. The maximum atomic E-state index is 13.0. The van der Waals surface area contributed by atoms with E-state index >= 15 is 0 Å². The molecule has 1 fully saturated rings. The molecular formula is C21H26N4O2. The van der Waals surface area contributed by atoms with E-state index in [0.717, 1.165) is 17.5 Å². The zero-order valence-corrected chi connectivity index (χ0v) is 16.0. The van der Waals surface area contributed by atoms with Gasteiger partial charge in [-0.2, -0.15) is 0 Å². The van der Waals surface area contributed by atoms with Crippen molar-refractivity contribution in [3.05, 3.63) is 53.7 Å². The smallest absolute Gasteiger partial charge is 0.313 e. The monoisotopic (exact) mass is 366 g/mol. The number of nitrogens with one attached hydrogen (secondary N) is 1. The number of amides is 2. The van der Waals surface area contributed by atoms with Gasteiger partial charge in [-0.25, -0.2) is 4.98 Å². The van der Waals surface area contributed by atoms with Crippen LogP contribution >= 0.6 is 0 Å². The molecule has 3 N–H and O–H groups in total. The fourth-order valence-electron chi connectivity index (χ4n) is 3.51. The summed E-state index contributed by atoms with van der Waals surface area (Å²) < 4.78 is 0. The van der Waals surface area contributed by atoms with Crippen LogP contribution in [0.1, 0.15) is 37.4 Å². The van der Waals surface area contributed by atoms with Crippen molar-refractivity contribution in [1.82, 2.24) is 9.88 Å². The number of carbonyl (C=O) groups excluding carboxylic acids is 2. The van der Waals surface area contributed by atoms with Crippen molar-refractivity contribution in [1.29, 1.82) is 0 Å².